The van der Waals surface area contributed by atoms with Crippen LogP contribution in [0.3, 0.4) is 0 Å². The summed E-state index contributed by atoms with van der Waals surface area (Å²) < 4.78 is 7.09. The zero-order chi connectivity index (χ0) is 16.9. The number of hydrogen-bond donors (Lipinski definition) is 1. The minimum atomic E-state index is -0.293. The highest BCUT2D eigenvalue weighted by Crippen LogP contribution is 2.16. The summed E-state index contributed by atoms with van der Waals surface area (Å²) in [6, 6.07) is 9.14. The van der Waals surface area contributed by atoms with Gasteiger partial charge in [0, 0.05) is 18.5 Å². The van der Waals surface area contributed by atoms with E-state index >= 15 is 0 Å². The molecule has 1 aromatic carbocycles. The largest absolute Gasteiger partial charge is 0.484 e. The lowest BCUT2D eigenvalue weighted by Crippen LogP contribution is -2.21. The number of aromatic nitrogens is 4. The number of rotatable bonds is 5. The van der Waals surface area contributed by atoms with Gasteiger partial charge in [0.25, 0.3) is 5.91 Å². The van der Waals surface area contributed by atoms with Crippen molar-refractivity contribution in [1.82, 2.24) is 19.7 Å². The maximum absolute atomic E-state index is 12.0. The quantitative estimate of drug-likeness (QED) is 0.779. The first kappa shape index (κ1) is 15.7. The third-order valence-electron chi connectivity index (χ3n) is 3.51. The number of carbonyl (C=O) groups excluding carboxylic acids is 1. The molecule has 0 saturated heterocycles. The Morgan fingerprint density at radius 3 is 2.83 bits per heavy atom. The predicted octanol–water partition coefficient (Wildman–Crippen LogP) is 2.30. The number of ether oxygens (including phenoxy) is 1. The molecular formula is C17H17N5O2. The SMILES string of the molecule is Cc1ccc(OCC(=O)Nc2cc(-n3cccn3)ncn2)cc1C. The van der Waals surface area contributed by atoms with Gasteiger partial charge in [-0.2, -0.15) is 5.10 Å². The highest BCUT2D eigenvalue weighted by atomic mass is 16.5. The van der Waals surface area contributed by atoms with Gasteiger partial charge in [0.05, 0.1) is 0 Å². The molecule has 0 atom stereocenters. The Morgan fingerprint density at radius 2 is 2.08 bits per heavy atom. The Labute approximate surface area is 139 Å². The van der Waals surface area contributed by atoms with Gasteiger partial charge in [0.15, 0.2) is 12.4 Å². The first-order valence-electron chi connectivity index (χ1n) is 7.44. The van der Waals surface area contributed by atoms with Crippen LogP contribution in [0.15, 0.2) is 49.1 Å². The van der Waals surface area contributed by atoms with Gasteiger partial charge in [-0.3, -0.25) is 4.79 Å². The van der Waals surface area contributed by atoms with Crippen LogP contribution in [0.25, 0.3) is 5.82 Å². The van der Waals surface area contributed by atoms with Gasteiger partial charge in [-0.05, 0) is 43.2 Å². The molecule has 3 rings (SSSR count). The molecule has 0 bridgehead atoms. The molecule has 0 radical (unpaired) electrons. The molecule has 0 aliphatic heterocycles. The fourth-order valence-electron chi connectivity index (χ4n) is 2.08. The van der Waals surface area contributed by atoms with Crippen molar-refractivity contribution in [2.75, 3.05) is 11.9 Å². The zero-order valence-corrected chi connectivity index (χ0v) is 13.4. The van der Waals surface area contributed by atoms with Crippen LogP contribution in [0.2, 0.25) is 0 Å². The van der Waals surface area contributed by atoms with E-state index in [4.69, 9.17) is 4.74 Å². The number of anilines is 1. The standard InChI is InChI=1S/C17H17N5O2/c1-12-4-5-14(8-13(12)2)24-10-17(23)21-15-9-16(19-11-18-15)22-7-3-6-20-22/h3-9,11H,10H2,1-2H3,(H,18,19,21,23). The number of nitrogens with one attached hydrogen (secondary N) is 1. The maximum atomic E-state index is 12.0. The molecule has 122 valence electrons. The molecule has 1 amide bonds. The zero-order valence-electron chi connectivity index (χ0n) is 13.4. The summed E-state index contributed by atoms with van der Waals surface area (Å²) in [5.74, 6) is 1.33. The third kappa shape index (κ3) is 3.75. The molecule has 2 aromatic heterocycles. The summed E-state index contributed by atoms with van der Waals surface area (Å²) in [4.78, 5) is 20.2. The topological polar surface area (TPSA) is 81.9 Å². The van der Waals surface area contributed by atoms with Crippen LogP contribution < -0.4 is 10.1 Å². The third-order valence-corrected chi connectivity index (χ3v) is 3.51. The van der Waals surface area contributed by atoms with E-state index < -0.39 is 0 Å². The molecule has 1 N–H and O–H groups in total. The average molecular weight is 323 g/mol. The fourth-order valence-corrected chi connectivity index (χ4v) is 2.08. The van der Waals surface area contributed by atoms with Crippen molar-refractivity contribution in [2.45, 2.75) is 13.8 Å². The van der Waals surface area contributed by atoms with Gasteiger partial charge in [-0.25, -0.2) is 14.6 Å². The number of benzene rings is 1. The molecule has 7 nitrogen and oxygen atoms in total. The summed E-state index contributed by atoms with van der Waals surface area (Å²) in [7, 11) is 0. The number of hydrogen-bond acceptors (Lipinski definition) is 5. The molecule has 24 heavy (non-hydrogen) atoms. The summed E-state index contributed by atoms with van der Waals surface area (Å²) in [5, 5.41) is 6.77. The van der Waals surface area contributed by atoms with Crippen LogP contribution in [0.4, 0.5) is 5.82 Å². The normalized spacial score (nSPS) is 10.4. The number of carbonyl (C=O) groups is 1. The second-order valence-corrected chi connectivity index (χ2v) is 5.29. The molecule has 0 spiro atoms. The van der Waals surface area contributed by atoms with Crippen molar-refractivity contribution in [3.8, 4) is 11.6 Å². The molecule has 2 heterocycles. The van der Waals surface area contributed by atoms with E-state index in [-0.39, 0.29) is 12.5 Å². The minimum absolute atomic E-state index is 0.0936. The number of nitrogens with zero attached hydrogens (tertiary/aromatic N) is 4. The van der Waals surface area contributed by atoms with Crippen LogP contribution in [0.1, 0.15) is 11.1 Å². The predicted molar refractivity (Wildman–Crippen MR) is 89.2 cm³/mol. The van der Waals surface area contributed by atoms with Crippen molar-refractivity contribution in [1.29, 1.82) is 0 Å². The van der Waals surface area contributed by atoms with Crippen molar-refractivity contribution in [2.24, 2.45) is 0 Å². The van der Waals surface area contributed by atoms with Crippen molar-refractivity contribution >= 4 is 11.7 Å². The first-order valence-corrected chi connectivity index (χ1v) is 7.44. The lowest BCUT2D eigenvalue weighted by atomic mass is 10.1. The minimum Gasteiger partial charge on any atom is -0.484 e. The number of amides is 1. The molecule has 3 aromatic rings. The van der Waals surface area contributed by atoms with E-state index in [0.717, 1.165) is 5.56 Å². The molecule has 7 heteroatoms. The molecular weight excluding hydrogens is 306 g/mol. The smallest absolute Gasteiger partial charge is 0.263 e. The highest BCUT2D eigenvalue weighted by molar-refractivity contribution is 5.91. The van der Waals surface area contributed by atoms with Gasteiger partial charge < -0.3 is 10.1 Å². The van der Waals surface area contributed by atoms with Crippen LogP contribution in [-0.4, -0.2) is 32.3 Å². The van der Waals surface area contributed by atoms with Gasteiger partial charge in [-0.1, -0.05) is 6.07 Å². The van der Waals surface area contributed by atoms with Gasteiger partial charge in [0.2, 0.25) is 0 Å². The Hall–Kier alpha value is -3.22. The molecule has 0 aliphatic carbocycles. The van der Waals surface area contributed by atoms with E-state index in [1.54, 1.807) is 29.2 Å². The second kappa shape index (κ2) is 6.91. The summed E-state index contributed by atoms with van der Waals surface area (Å²) in [5.41, 5.74) is 2.30. The fraction of sp³-hybridized carbons (Fsp3) is 0.176. The Bertz CT molecular complexity index is 846. The van der Waals surface area contributed by atoms with E-state index in [1.165, 1.54) is 11.9 Å². The molecule has 0 aliphatic rings. The van der Waals surface area contributed by atoms with E-state index in [0.29, 0.717) is 17.4 Å². The Morgan fingerprint density at radius 1 is 1.21 bits per heavy atom. The molecule has 0 fully saturated rings. The Kier molecular flexibility index (Phi) is 4.51. The van der Waals surface area contributed by atoms with Crippen LogP contribution in [0.5, 0.6) is 5.75 Å². The monoisotopic (exact) mass is 323 g/mol. The first-order chi connectivity index (χ1) is 11.6. The highest BCUT2D eigenvalue weighted by Gasteiger charge is 2.07. The van der Waals surface area contributed by atoms with E-state index in [1.807, 2.05) is 32.0 Å². The van der Waals surface area contributed by atoms with Crippen LogP contribution in [-0.2, 0) is 4.79 Å². The lowest BCUT2D eigenvalue weighted by molar-refractivity contribution is -0.118. The van der Waals surface area contributed by atoms with Crippen molar-refractivity contribution in [3.05, 3.63) is 60.2 Å². The molecule has 0 unspecified atom stereocenters. The van der Waals surface area contributed by atoms with Gasteiger partial charge in [-0.15, -0.1) is 0 Å². The second-order valence-electron chi connectivity index (χ2n) is 5.29. The average Bonchev–Trinajstić information content (AvgIpc) is 3.11. The number of aryl methyl sites for hydroxylation is 2. The van der Waals surface area contributed by atoms with Crippen LogP contribution in [0, 0.1) is 13.8 Å². The summed E-state index contributed by atoms with van der Waals surface area (Å²) in [6.07, 6.45) is 4.78. The summed E-state index contributed by atoms with van der Waals surface area (Å²) >= 11 is 0. The molecule has 0 saturated carbocycles. The Balaban J connectivity index is 1.60. The van der Waals surface area contributed by atoms with E-state index in [2.05, 4.69) is 20.4 Å². The van der Waals surface area contributed by atoms with Gasteiger partial charge in [0.1, 0.15) is 17.9 Å². The van der Waals surface area contributed by atoms with Crippen molar-refractivity contribution in [3.63, 3.8) is 0 Å². The van der Waals surface area contributed by atoms with Crippen LogP contribution >= 0.6 is 0 Å². The maximum Gasteiger partial charge on any atom is 0.263 e. The van der Waals surface area contributed by atoms with Gasteiger partial charge >= 0.3 is 0 Å². The van der Waals surface area contributed by atoms with Crippen molar-refractivity contribution < 1.29 is 9.53 Å². The lowest BCUT2D eigenvalue weighted by Gasteiger charge is -2.09. The summed E-state index contributed by atoms with van der Waals surface area (Å²) in [6.45, 7) is 3.93. The van der Waals surface area contributed by atoms with E-state index in [9.17, 15) is 4.79 Å².